The summed E-state index contributed by atoms with van der Waals surface area (Å²) in [6.45, 7) is 4.29. The van der Waals surface area contributed by atoms with Crippen LogP contribution in [0.15, 0.2) is 42.5 Å². The van der Waals surface area contributed by atoms with E-state index in [1.54, 1.807) is 21.9 Å². The van der Waals surface area contributed by atoms with Crippen molar-refractivity contribution >= 4 is 33.2 Å². The van der Waals surface area contributed by atoms with Gasteiger partial charge in [0.2, 0.25) is 0 Å². The van der Waals surface area contributed by atoms with Crippen molar-refractivity contribution in [2.75, 3.05) is 16.4 Å². The van der Waals surface area contributed by atoms with Crippen LogP contribution in [-0.2, 0) is 16.4 Å². The highest BCUT2D eigenvalue weighted by Gasteiger charge is 2.54. The van der Waals surface area contributed by atoms with Crippen molar-refractivity contribution in [2.45, 2.75) is 32.5 Å². The van der Waals surface area contributed by atoms with Crippen LogP contribution in [0.4, 0.5) is 10.5 Å². The second kappa shape index (κ2) is 6.53. The van der Waals surface area contributed by atoms with Crippen LogP contribution in [0.1, 0.15) is 16.7 Å². The molecule has 2 aliphatic rings. The number of urea groups is 1. The topological polar surface area (TPSA) is 57.7 Å². The third-order valence-electron chi connectivity index (χ3n) is 5.37. The molecule has 2 aromatic carbocycles. The Morgan fingerprint density at radius 3 is 2.41 bits per heavy atom. The largest absolute Gasteiger partial charge is 0.325 e. The highest BCUT2D eigenvalue weighted by atomic mass is 35.5. The number of nitrogens with zero attached hydrogens (tertiary/aromatic N) is 2. The van der Waals surface area contributed by atoms with Gasteiger partial charge in [-0.15, -0.1) is 0 Å². The summed E-state index contributed by atoms with van der Waals surface area (Å²) >= 11 is 5.95. The molecule has 0 aliphatic carbocycles. The van der Waals surface area contributed by atoms with Gasteiger partial charge < -0.3 is 4.90 Å². The maximum absolute atomic E-state index is 13.3. The number of carbonyl (C=O) groups excluding carboxylic acids is 1. The van der Waals surface area contributed by atoms with Crippen molar-refractivity contribution in [2.24, 2.45) is 0 Å². The molecule has 2 aliphatic heterocycles. The Morgan fingerprint density at radius 1 is 1.04 bits per heavy atom. The van der Waals surface area contributed by atoms with Crippen LogP contribution in [0.3, 0.4) is 0 Å². The van der Waals surface area contributed by atoms with Crippen molar-refractivity contribution in [1.29, 1.82) is 0 Å². The number of aryl methyl sites for hydroxylation is 2. The Labute approximate surface area is 164 Å². The Kier molecular flexibility index (Phi) is 4.43. The summed E-state index contributed by atoms with van der Waals surface area (Å²) in [5.41, 5.74) is 3.73. The zero-order chi connectivity index (χ0) is 19.3. The first-order chi connectivity index (χ1) is 12.7. The van der Waals surface area contributed by atoms with E-state index in [1.165, 1.54) is 0 Å². The van der Waals surface area contributed by atoms with Gasteiger partial charge in [-0.25, -0.2) is 13.2 Å². The lowest BCUT2D eigenvalue weighted by Crippen LogP contribution is -2.38. The quantitative estimate of drug-likeness (QED) is 0.735. The zero-order valence-electron chi connectivity index (χ0n) is 15.2. The minimum absolute atomic E-state index is 0.00784. The van der Waals surface area contributed by atoms with Crippen molar-refractivity contribution < 1.29 is 13.2 Å². The van der Waals surface area contributed by atoms with Crippen molar-refractivity contribution in [1.82, 2.24) is 4.90 Å². The van der Waals surface area contributed by atoms with Gasteiger partial charge in [0, 0.05) is 17.3 Å². The van der Waals surface area contributed by atoms with Crippen LogP contribution < -0.4 is 4.90 Å². The lowest BCUT2D eigenvalue weighted by molar-refractivity contribution is 0.206. The number of anilines is 1. The Balaban J connectivity index is 1.73. The standard InChI is InChI=1S/C20H21ClN2O3S/c1-13-3-4-14(2)17(9-13)23-19-12-27(25,26)11-18(19)22(20(23)24)10-15-5-7-16(21)8-6-15/h3-9,18-19H,10-12H2,1-2H3. The first-order valence-corrected chi connectivity index (χ1v) is 11.1. The van der Waals surface area contributed by atoms with E-state index in [2.05, 4.69) is 0 Å². The summed E-state index contributed by atoms with van der Waals surface area (Å²) < 4.78 is 24.7. The van der Waals surface area contributed by atoms with Crippen molar-refractivity contribution in [3.63, 3.8) is 0 Å². The van der Waals surface area contributed by atoms with Gasteiger partial charge in [-0.1, -0.05) is 35.9 Å². The SMILES string of the molecule is Cc1ccc(C)c(N2C(=O)N(Cc3ccc(Cl)cc3)C3CS(=O)(=O)CC32)c1. The molecule has 4 rings (SSSR count). The fraction of sp³-hybridized carbons (Fsp3) is 0.350. The summed E-state index contributed by atoms with van der Waals surface area (Å²) in [5.74, 6) is 0.0201. The van der Waals surface area contributed by atoms with Gasteiger partial charge in [0.15, 0.2) is 9.84 Å². The second-order valence-corrected chi connectivity index (χ2v) is 10.00. The summed E-state index contributed by atoms with van der Waals surface area (Å²) in [6, 6.07) is 12.4. The number of fused-ring (bicyclic) bond motifs is 1. The van der Waals surface area contributed by atoms with Crippen LogP contribution in [-0.4, -0.2) is 42.9 Å². The lowest BCUT2D eigenvalue weighted by atomic mass is 10.1. The number of hydrogen-bond donors (Lipinski definition) is 0. The monoisotopic (exact) mass is 404 g/mol. The lowest BCUT2D eigenvalue weighted by Gasteiger charge is -2.24. The van der Waals surface area contributed by atoms with E-state index in [1.807, 2.05) is 44.2 Å². The molecule has 142 valence electrons. The molecule has 0 saturated carbocycles. The van der Waals surface area contributed by atoms with Crippen LogP contribution in [0.25, 0.3) is 0 Å². The summed E-state index contributed by atoms with van der Waals surface area (Å²) in [5, 5.41) is 0.629. The van der Waals surface area contributed by atoms with E-state index in [0.29, 0.717) is 11.6 Å². The number of sulfone groups is 1. The van der Waals surface area contributed by atoms with Crippen LogP contribution in [0.2, 0.25) is 5.02 Å². The number of benzene rings is 2. The highest BCUT2D eigenvalue weighted by molar-refractivity contribution is 7.91. The first-order valence-electron chi connectivity index (χ1n) is 8.87. The molecule has 2 heterocycles. The average Bonchev–Trinajstić information content (AvgIpc) is 3.03. The molecular formula is C20H21ClN2O3S. The fourth-order valence-electron chi connectivity index (χ4n) is 4.01. The Hall–Kier alpha value is -2.05. The molecule has 2 amide bonds. The molecule has 2 unspecified atom stereocenters. The van der Waals surface area contributed by atoms with Gasteiger partial charge in [-0.3, -0.25) is 4.90 Å². The smallest absolute Gasteiger partial charge is 0.314 e. The summed E-state index contributed by atoms with van der Waals surface area (Å²) in [4.78, 5) is 16.7. The number of rotatable bonds is 3. The van der Waals surface area contributed by atoms with E-state index in [9.17, 15) is 13.2 Å². The maximum atomic E-state index is 13.3. The molecule has 2 aromatic rings. The molecule has 2 saturated heterocycles. The predicted molar refractivity (Wildman–Crippen MR) is 107 cm³/mol. The van der Waals surface area contributed by atoms with Gasteiger partial charge in [-0.05, 0) is 48.7 Å². The Bertz CT molecular complexity index is 1000. The molecule has 7 heteroatoms. The summed E-state index contributed by atoms with van der Waals surface area (Å²) in [7, 11) is -3.18. The fourth-order valence-corrected chi connectivity index (χ4v) is 6.09. The van der Waals surface area contributed by atoms with Gasteiger partial charge in [0.05, 0.1) is 23.6 Å². The molecule has 2 atom stereocenters. The molecular weight excluding hydrogens is 384 g/mol. The van der Waals surface area contributed by atoms with Crippen LogP contribution in [0, 0.1) is 13.8 Å². The van der Waals surface area contributed by atoms with E-state index in [-0.39, 0.29) is 29.6 Å². The van der Waals surface area contributed by atoms with Gasteiger partial charge in [0.25, 0.3) is 0 Å². The highest BCUT2D eigenvalue weighted by Crippen LogP contribution is 2.37. The zero-order valence-corrected chi connectivity index (χ0v) is 16.8. The van der Waals surface area contributed by atoms with Gasteiger partial charge in [0.1, 0.15) is 0 Å². The molecule has 0 bridgehead atoms. The third kappa shape index (κ3) is 3.32. The van der Waals surface area contributed by atoms with E-state index >= 15 is 0 Å². The Morgan fingerprint density at radius 2 is 1.70 bits per heavy atom. The molecule has 5 nitrogen and oxygen atoms in total. The normalized spacial score (nSPS) is 23.7. The maximum Gasteiger partial charge on any atom is 0.325 e. The van der Waals surface area contributed by atoms with Gasteiger partial charge in [-0.2, -0.15) is 0 Å². The van der Waals surface area contributed by atoms with Crippen LogP contribution >= 0.6 is 11.6 Å². The molecule has 0 radical (unpaired) electrons. The number of hydrogen-bond acceptors (Lipinski definition) is 3. The van der Waals surface area contributed by atoms with Crippen molar-refractivity contribution in [3.05, 3.63) is 64.2 Å². The van der Waals surface area contributed by atoms with E-state index in [4.69, 9.17) is 11.6 Å². The molecule has 0 aromatic heterocycles. The molecule has 27 heavy (non-hydrogen) atoms. The van der Waals surface area contributed by atoms with Gasteiger partial charge >= 0.3 is 6.03 Å². The van der Waals surface area contributed by atoms with Crippen LogP contribution in [0.5, 0.6) is 0 Å². The third-order valence-corrected chi connectivity index (χ3v) is 7.32. The minimum Gasteiger partial charge on any atom is -0.314 e. The predicted octanol–water partition coefficient (Wildman–Crippen LogP) is 3.56. The molecule has 2 fully saturated rings. The second-order valence-electron chi connectivity index (χ2n) is 7.41. The number of carbonyl (C=O) groups is 1. The number of halogens is 1. The minimum atomic E-state index is -3.18. The van der Waals surface area contributed by atoms with E-state index in [0.717, 1.165) is 22.4 Å². The first kappa shape index (κ1) is 18.3. The molecule has 0 N–H and O–H groups in total. The summed E-state index contributed by atoms with van der Waals surface area (Å²) in [6.07, 6.45) is 0. The number of amides is 2. The average molecular weight is 405 g/mol. The molecule has 0 spiro atoms. The van der Waals surface area contributed by atoms with E-state index < -0.39 is 9.84 Å². The van der Waals surface area contributed by atoms with Crippen molar-refractivity contribution in [3.8, 4) is 0 Å².